The number of carbonyl (C=O) groups is 1. The van der Waals surface area contributed by atoms with Crippen molar-refractivity contribution in [1.29, 1.82) is 0 Å². The number of aldehydes is 1. The smallest absolute Gasteiger partial charge is 0.120 e. The molecule has 0 aromatic rings. The number of hydrogen-bond acceptors (Lipinski definition) is 1. The van der Waals surface area contributed by atoms with Crippen LogP contribution in [0.4, 0.5) is 0 Å². The van der Waals surface area contributed by atoms with Gasteiger partial charge in [-0.3, -0.25) is 0 Å². The van der Waals surface area contributed by atoms with Crippen LogP contribution in [0.25, 0.3) is 0 Å². The summed E-state index contributed by atoms with van der Waals surface area (Å²) in [7, 11) is 0. The van der Waals surface area contributed by atoms with E-state index < -0.39 is 0 Å². The third-order valence-electron chi connectivity index (χ3n) is 1.65. The Morgan fingerprint density at radius 2 is 2.40 bits per heavy atom. The maximum Gasteiger partial charge on any atom is 0.120 e. The molecule has 1 nitrogen and oxygen atoms in total. The lowest BCUT2D eigenvalue weighted by molar-refractivity contribution is -0.108. The Bertz CT molecular complexity index is 104. The van der Waals surface area contributed by atoms with E-state index in [4.69, 9.17) is 1.37 Å². The van der Waals surface area contributed by atoms with E-state index in [1.165, 1.54) is 12.8 Å². The topological polar surface area (TPSA) is 17.1 Å². The van der Waals surface area contributed by atoms with Gasteiger partial charge in [-0.2, -0.15) is 0 Å². The molecule has 0 aliphatic carbocycles. The molecule has 1 unspecified atom stereocenters. The van der Waals surface area contributed by atoms with Crippen LogP contribution < -0.4 is 0 Å². The zero-order valence-electron chi connectivity index (χ0n) is 7.97. The fourth-order valence-electron chi connectivity index (χ4n) is 0.932. The normalized spacial score (nSPS) is 17.6. The van der Waals surface area contributed by atoms with Crippen LogP contribution in [0.5, 0.6) is 0 Å². The van der Waals surface area contributed by atoms with E-state index in [0.717, 1.165) is 12.7 Å². The average Bonchev–Trinajstić information content (AvgIpc) is 2.00. The SMILES string of the molecule is [2H][C@@H](CC=O)C(C)CCCC. The summed E-state index contributed by atoms with van der Waals surface area (Å²) in [6.07, 6.45) is 4.50. The molecule has 10 heavy (non-hydrogen) atoms. The molecule has 0 aliphatic heterocycles. The molecule has 0 saturated heterocycles. The highest BCUT2D eigenvalue weighted by Gasteiger charge is 1.99. The van der Waals surface area contributed by atoms with Gasteiger partial charge in [-0.05, 0) is 12.3 Å². The van der Waals surface area contributed by atoms with Gasteiger partial charge in [-0.1, -0.05) is 33.1 Å². The van der Waals surface area contributed by atoms with Crippen molar-refractivity contribution in [2.45, 2.75) is 45.9 Å². The first kappa shape index (κ1) is 7.77. The molecule has 0 aromatic carbocycles. The third-order valence-corrected chi connectivity index (χ3v) is 1.65. The third kappa shape index (κ3) is 5.80. The molecule has 0 aliphatic rings. The van der Waals surface area contributed by atoms with Crippen molar-refractivity contribution < 1.29 is 6.17 Å². The molecule has 0 bridgehead atoms. The van der Waals surface area contributed by atoms with Crippen molar-refractivity contribution in [3.63, 3.8) is 0 Å². The predicted molar refractivity (Wildman–Crippen MR) is 44.0 cm³/mol. The second kappa shape index (κ2) is 6.79. The average molecular weight is 143 g/mol. The Kier molecular flexibility index (Phi) is 5.27. The van der Waals surface area contributed by atoms with Crippen molar-refractivity contribution in [3.05, 3.63) is 0 Å². The van der Waals surface area contributed by atoms with Gasteiger partial charge in [0.15, 0.2) is 0 Å². The van der Waals surface area contributed by atoms with Crippen LogP contribution in [0.15, 0.2) is 0 Å². The van der Waals surface area contributed by atoms with Gasteiger partial charge in [0.05, 0.1) is 0 Å². The Morgan fingerprint density at radius 3 is 2.90 bits per heavy atom. The number of carbonyl (C=O) groups excluding carboxylic acids is 1. The highest BCUT2D eigenvalue weighted by Crippen LogP contribution is 2.12. The maximum atomic E-state index is 10.1. The second-order valence-corrected chi connectivity index (χ2v) is 2.76. The highest BCUT2D eigenvalue weighted by atomic mass is 16.1. The molecule has 0 heterocycles. The van der Waals surface area contributed by atoms with E-state index in [2.05, 4.69) is 13.8 Å². The molecule has 0 fully saturated rings. The van der Waals surface area contributed by atoms with Gasteiger partial charge >= 0.3 is 0 Å². The lowest BCUT2D eigenvalue weighted by Gasteiger charge is -2.06. The Morgan fingerprint density at radius 1 is 1.70 bits per heavy atom. The Hall–Kier alpha value is -0.330. The zero-order valence-corrected chi connectivity index (χ0v) is 6.97. The molecular formula is C9H18O. The van der Waals surface area contributed by atoms with Crippen molar-refractivity contribution >= 4 is 6.29 Å². The Balaban J connectivity index is 3.45. The number of hydrogen-bond donors (Lipinski definition) is 0. The fraction of sp³-hybridized carbons (Fsp3) is 0.889. The van der Waals surface area contributed by atoms with Crippen LogP contribution in [0.3, 0.4) is 0 Å². The van der Waals surface area contributed by atoms with Crippen LogP contribution in [-0.4, -0.2) is 6.29 Å². The molecule has 0 spiro atoms. The van der Waals surface area contributed by atoms with Crippen molar-refractivity contribution in [3.8, 4) is 0 Å². The molecule has 0 aromatic heterocycles. The Labute approximate surface area is 65.2 Å². The molecule has 1 heteroatoms. The van der Waals surface area contributed by atoms with Crippen molar-refractivity contribution in [1.82, 2.24) is 0 Å². The summed E-state index contributed by atoms with van der Waals surface area (Å²) in [6, 6.07) is 0. The minimum absolute atomic E-state index is 0.181. The van der Waals surface area contributed by atoms with Crippen molar-refractivity contribution in [2.75, 3.05) is 0 Å². The summed E-state index contributed by atoms with van der Waals surface area (Å²) in [4.78, 5) is 10.1. The summed E-state index contributed by atoms with van der Waals surface area (Å²) in [6.45, 7) is 4.20. The summed E-state index contributed by atoms with van der Waals surface area (Å²) < 4.78 is 7.53. The van der Waals surface area contributed by atoms with E-state index >= 15 is 0 Å². The van der Waals surface area contributed by atoms with E-state index in [-0.39, 0.29) is 6.40 Å². The molecule has 0 saturated carbocycles. The van der Waals surface area contributed by atoms with Crippen LogP contribution in [0, 0.1) is 5.92 Å². The van der Waals surface area contributed by atoms with Crippen LogP contribution in [0.1, 0.15) is 47.3 Å². The standard InChI is InChI=1S/C9H18O/c1-3-4-6-9(2)7-5-8-10/h8-9H,3-7H2,1-2H3/i7D/t7-,9?/m0/s1. The first-order chi connectivity index (χ1) is 5.22. The summed E-state index contributed by atoms with van der Waals surface area (Å²) in [5, 5.41) is 0. The largest absolute Gasteiger partial charge is 0.303 e. The highest BCUT2D eigenvalue weighted by molar-refractivity contribution is 5.49. The first-order valence-corrected chi connectivity index (χ1v) is 4.08. The number of unbranched alkanes of at least 4 members (excludes halogenated alkanes) is 1. The second-order valence-electron chi connectivity index (χ2n) is 2.76. The quantitative estimate of drug-likeness (QED) is 0.522. The predicted octanol–water partition coefficient (Wildman–Crippen LogP) is 2.79. The molecule has 2 atom stereocenters. The summed E-state index contributed by atoms with van der Waals surface area (Å²) in [5.74, 6) is 0.375. The van der Waals surface area contributed by atoms with Gasteiger partial charge in [0, 0.05) is 7.79 Å². The molecular weight excluding hydrogens is 124 g/mol. The van der Waals surface area contributed by atoms with Gasteiger partial charge in [-0.25, -0.2) is 0 Å². The van der Waals surface area contributed by atoms with Crippen LogP contribution >= 0.6 is 0 Å². The van der Waals surface area contributed by atoms with E-state index in [9.17, 15) is 4.79 Å². The first-order valence-electron chi connectivity index (χ1n) is 4.66. The lowest BCUT2D eigenvalue weighted by atomic mass is 10.00. The number of rotatable bonds is 6. The molecule has 0 amide bonds. The minimum atomic E-state index is -0.181. The van der Waals surface area contributed by atoms with Gasteiger partial charge in [0.1, 0.15) is 6.29 Å². The monoisotopic (exact) mass is 143 g/mol. The van der Waals surface area contributed by atoms with Gasteiger partial charge < -0.3 is 4.79 Å². The molecule has 0 N–H and O–H groups in total. The summed E-state index contributed by atoms with van der Waals surface area (Å²) >= 11 is 0. The molecule has 0 radical (unpaired) electrons. The van der Waals surface area contributed by atoms with Crippen molar-refractivity contribution in [2.24, 2.45) is 5.92 Å². The lowest BCUT2D eigenvalue weighted by Crippen LogP contribution is -1.94. The molecule has 60 valence electrons. The minimum Gasteiger partial charge on any atom is -0.303 e. The summed E-state index contributed by atoms with van der Waals surface area (Å²) in [5.41, 5.74) is 0. The van der Waals surface area contributed by atoms with E-state index in [1.54, 1.807) is 0 Å². The maximum absolute atomic E-state index is 10.1. The fourth-order valence-corrected chi connectivity index (χ4v) is 0.932. The van der Waals surface area contributed by atoms with Gasteiger partial charge in [-0.15, -0.1) is 0 Å². The zero-order chi connectivity index (χ0) is 8.69. The van der Waals surface area contributed by atoms with Crippen LogP contribution in [0.2, 0.25) is 0 Å². The van der Waals surface area contributed by atoms with E-state index in [0.29, 0.717) is 12.3 Å². The van der Waals surface area contributed by atoms with Gasteiger partial charge in [0.25, 0.3) is 0 Å². The van der Waals surface area contributed by atoms with E-state index in [1.807, 2.05) is 0 Å². The van der Waals surface area contributed by atoms with Gasteiger partial charge in [0.2, 0.25) is 0 Å². The molecule has 0 rings (SSSR count). The van der Waals surface area contributed by atoms with Crippen LogP contribution in [-0.2, 0) is 4.79 Å².